The molecule has 1 aromatic carbocycles. The summed E-state index contributed by atoms with van der Waals surface area (Å²) in [7, 11) is 0. The summed E-state index contributed by atoms with van der Waals surface area (Å²) >= 11 is 0. The second-order valence-corrected chi connectivity index (χ2v) is 4.82. The van der Waals surface area contributed by atoms with Crippen molar-refractivity contribution in [3.63, 3.8) is 0 Å². The Balaban J connectivity index is 2.32. The summed E-state index contributed by atoms with van der Waals surface area (Å²) in [5.41, 5.74) is 0.889. The lowest BCUT2D eigenvalue weighted by Crippen LogP contribution is -2.15. The molecule has 5 heteroatoms. The van der Waals surface area contributed by atoms with Gasteiger partial charge in [0.2, 0.25) is 11.8 Å². The first-order valence-corrected chi connectivity index (χ1v) is 7.74. The Labute approximate surface area is 136 Å². The molecule has 0 bridgehead atoms. The summed E-state index contributed by atoms with van der Waals surface area (Å²) in [6, 6.07) is 11.4. The van der Waals surface area contributed by atoms with Crippen molar-refractivity contribution in [2.75, 3.05) is 6.61 Å². The number of benzene rings is 1. The summed E-state index contributed by atoms with van der Waals surface area (Å²) in [4.78, 5) is 15.9. The lowest BCUT2D eigenvalue weighted by atomic mass is 10.3. The van der Waals surface area contributed by atoms with Crippen molar-refractivity contribution >= 4 is 5.91 Å². The molecule has 2 rings (SSSR count). The topological polar surface area (TPSA) is 56.5 Å². The number of amides is 1. The third-order valence-corrected chi connectivity index (χ3v) is 3.03. The van der Waals surface area contributed by atoms with Gasteiger partial charge in [-0.2, -0.15) is 5.10 Å². The third kappa shape index (κ3) is 4.92. The highest BCUT2D eigenvalue weighted by Crippen LogP contribution is 2.13. The molecule has 0 atom stereocenters. The van der Waals surface area contributed by atoms with E-state index in [1.54, 1.807) is 16.9 Å². The summed E-state index contributed by atoms with van der Waals surface area (Å²) in [5.74, 6) is 0.355. The minimum atomic E-state index is -0.198. The van der Waals surface area contributed by atoms with Crippen LogP contribution in [0.1, 0.15) is 26.7 Å². The molecule has 1 heterocycles. The van der Waals surface area contributed by atoms with Gasteiger partial charge in [-0.1, -0.05) is 37.3 Å². The molecule has 1 aromatic heterocycles. The summed E-state index contributed by atoms with van der Waals surface area (Å²) in [5, 5.41) is 4.84. The van der Waals surface area contributed by atoms with Crippen molar-refractivity contribution in [1.82, 2.24) is 9.78 Å². The van der Waals surface area contributed by atoms with Gasteiger partial charge in [0.25, 0.3) is 0 Å². The number of nitrogens with zero attached hydrogens (tertiary/aromatic N) is 3. The van der Waals surface area contributed by atoms with Crippen LogP contribution in [0.25, 0.3) is 5.69 Å². The molecule has 0 aliphatic rings. The van der Waals surface area contributed by atoms with E-state index in [0.717, 1.165) is 12.1 Å². The van der Waals surface area contributed by atoms with E-state index in [1.807, 2.05) is 56.3 Å². The molecule has 5 nitrogen and oxygen atoms in total. The van der Waals surface area contributed by atoms with E-state index in [2.05, 4.69) is 10.1 Å². The van der Waals surface area contributed by atoms with Gasteiger partial charge >= 0.3 is 0 Å². The zero-order chi connectivity index (χ0) is 16.5. The maximum absolute atomic E-state index is 11.8. The molecule has 0 spiro atoms. The van der Waals surface area contributed by atoms with Gasteiger partial charge in [-0.25, -0.2) is 9.67 Å². The van der Waals surface area contributed by atoms with Gasteiger partial charge in [0, 0.05) is 12.5 Å². The van der Waals surface area contributed by atoms with Crippen molar-refractivity contribution in [2.24, 2.45) is 4.99 Å². The monoisotopic (exact) mass is 311 g/mol. The molecular formula is C18H21N3O2. The largest absolute Gasteiger partial charge is 0.478 e. The second kappa shape index (κ2) is 8.68. The van der Waals surface area contributed by atoms with Gasteiger partial charge in [0.1, 0.15) is 0 Å². The van der Waals surface area contributed by atoms with Crippen LogP contribution < -0.4 is 10.1 Å². The Kier molecular flexibility index (Phi) is 6.29. The fourth-order valence-electron chi connectivity index (χ4n) is 2.01. The van der Waals surface area contributed by atoms with E-state index < -0.39 is 0 Å². The van der Waals surface area contributed by atoms with E-state index in [0.29, 0.717) is 24.3 Å². The molecule has 23 heavy (non-hydrogen) atoms. The number of rotatable bonds is 6. The number of allylic oxidation sites excluding steroid dienone is 1. The van der Waals surface area contributed by atoms with Gasteiger partial charge in [-0.05, 0) is 25.5 Å². The van der Waals surface area contributed by atoms with Crippen LogP contribution in [0.2, 0.25) is 0 Å². The van der Waals surface area contributed by atoms with Crippen LogP contribution >= 0.6 is 0 Å². The third-order valence-electron chi connectivity index (χ3n) is 3.03. The van der Waals surface area contributed by atoms with E-state index in [-0.39, 0.29) is 5.91 Å². The van der Waals surface area contributed by atoms with E-state index in [9.17, 15) is 4.79 Å². The molecule has 0 saturated carbocycles. The van der Waals surface area contributed by atoms with Crippen LogP contribution in [-0.4, -0.2) is 22.3 Å². The number of carbonyl (C=O) groups is 1. The van der Waals surface area contributed by atoms with Gasteiger partial charge in [0.05, 0.1) is 23.8 Å². The molecule has 0 radical (unpaired) electrons. The minimum Gasteiger partial charge on any atom is -0.478 e. The fourth-order valence-corrected chi connectivity index (χ4v) is 2.01. The van der Waals surface area contributed by atoms with Crippen LogP contribution in [0.3, 0.4) is 0 Å². The van der Waals surface area contributed by atoms with E-state index >= 15 is 0 Å². The van der Waals surface area contributed by atoms with Crippen molar-refractivity contribution < 1.29 is 9.53 Å². The lowest BCUT2D eigenvalue weighted by Gasteiger charge is -2.11. The number of hydrogen-bond acceptors (Lipinski definition) is 3. The van der Waals surface area contributed by atoms with Crippen LogP contribution in [0, 0.1) is 0 Å². The Morgan fingerprint density at radius 1 is 1.26 bits per heavy atom. The van der Waals surface area contributed by atoms with Gasteiger partial charge in [-0.15, -0.1) is 0 Å². The SMILES string of the molecule is CC/C=C/CC(=O)N=c1cnn(-c2ccccc2)c(OCC)c1. The molecule has 0 fully saturated rings. The average Bonchev–Trinajstić information content (AvgIpc) is 2.56. The van der Waals surface area contributed by atoms with Gasteiger partial charge in [0.15, 0.2) is 0 Å². The predicted octanol–water partition coefficient (Wildman–Crippen LogP) is 3.05. The molecule has 120 valence electrons. The maximum Gasteiger partial charge on any atom is 0.250 e. The number of ether oxygens (including phenoxy) is 1. The highest BCUT2D eigenvalue weighted by molar-refractivity contribution is 5.78. The van der Waals surface area contributed by atoms with Crippen LogP contribution in [-0.2, 0) is 4.79 Å². The standard InChI is InChI=1S/C18H21N3O2/c1-3-5-7-12-17(22)20-15-13-18(23-4-2)21(19-14-15)16-10-8-6-9-11-16/h5-11,13-14H,3-4,12H2,1-2H3/b7-5+,20-15?. The Bertz CT molecular complexity index is 733. The first-order chi connectivity index (χ1) is 11.2. The van der Waals surface area contributed by atoms with Crippen molar-refractivity contribution in [2.45, 2.75) is 26.7 Å². The highest BCUT2D eigenvalue weighted by Gasteiger charge is 2.05. The van der Waals surface area contributed by atoms with Crippen molar-refractivity contribution in [3.05, 3.63) is 60.1 Å². The maximum atomic E-state index is 11.8. The summed E-state index contributed by atoms with van der Waals surface area (Å²) < 4.78 is 7.31. The molecule has 2 aromatic rings. The number of carbonyl (C=O) groups excluding carboxylic acids is 1. The molecule has 0 aliphatic heterocycles. The fraction of sp³-hybridized carbons (Fsp3) is 0.278. The zero-order valence-corrected chi connectivity index (χ0v) is 13.5. The summed E-state index contributed by atoms with van der Waals surface area (Å²) in [6.45, 7) is 4.43. The normalized spacial score (nSPS) is 11.8. The zero-order valence-electron chi connectivity index (χ0n) is 13.5. The summed E-state index contributed by atoms with van der Waals surface area (Å²) in [6.07, 6.45) is 6.55. The van der Waals surface area contributed by atoms with Crippen LogP contribution in [0.15, 0.2) is 59.7 Å². The van der Waals surface area contributed by atoms with E-state index in [4.69, 9.17) is 4.74 Å². The first-order valence-electron chi connectivity index (χ1n) is 7.74. The van der Waals surface area contributed by atoms with Crippen molar-refractivity contribution in [1.29, 1.82) is 0 Å². The first kappa shape index (κ1) is 16.7. The molecule has 0 N–H and O–H groups in total. The van der Waals surface area contributed by atoms with Crippen molar-refractivity contribution in [3.8, 4) is 11.6 Å². The predicted molar refractivity (Wildman–Crippen MR) is 89.4 cm³/mol. The number of para-hydroxylation sites is 1. The molecule has 0 saturated heterocycles. The molecule has 1 amide bonds. The van der Waals surface area contributed by atoms with Gasteiger partial charge < -0.3 is 4.74 Å². The Hall–Kier alpha value is -2.69. The van der Waals surface area contributed by atoms with Crippen LogP contribution in [0.4, 0.5) is 0 Å². The minimum absolute atomic E-state index is 0.198. The van der Waals surface area contributed by atoms with E-state index in [1.165, 1.54) is 0 Å². The highest BCUT2D eigenvalue weighted by atomic mass is 16.5. The Morgan fingerprint density at radius 3 is 2.74 bits per heavy atom. The number of aromatic nitrogens is 2. The second-order valence-electron chi connectivity index (χ2n) is 4.82. The van der Waals surface area contributed by atoms with Crippen LogP contribution in [0.5, 0.6) is 5.88 Å². The van der Waals surface area contributed by atoms with Gasteiger partial charge in [-0.3, -0.25) is 4.79 Å². The number of hydrogen-bond donors (Lipinski definition) is 0. The lowest BCUT2D eigenvalue weighted by molar-refractivity contribution is -0.117. The quantitative estimate of drug-likeness (QED) is 0.770. The smallest absolute Gasteiger partial charge is 0.250 e. The molecule has 0 aliphatic carbocycles. The Morgan fingerprint density at radius 2 is 2.04 bits per heavy atom. The average molecular weight is 311 g/mol. The molecular weight excluding hydrogens is 290 g/mol. The molecule has 0 unspecified atom stereocenters.